The van der Waals surface area contributed by atoms with E-state index in [1.54, 1.807) is 0 Å². The Morgan fingerprint density at radius 2 is 1.00 bits per heavy atom. The summed E-state index contributed by atoms with van der Waals surface area (Å²) in [6, 6.07) is 16.6. The van der Waals surface area contributed by atoms with Crippen LogP contribution in [0.3, 0.4) is 0 Å². The highest BCUT2D eigenvalue weighted by Gasteiger charge is 2.39. The van der Waals surface area contributed by atoms with Crippen molar-refractivity contribution in [3.63, 3.8) is 0 Å². The third-order valence-electron chi connectivity index (χ3n) is 6.72. The van der Waals surface area contributed by atoms with E-state index in [1.807, 2.05) is 12.1 Å². The van der Waals surface area contributed by atoms with Crippen LogP contribution >= 0.6 is 0 Å². The molecule has 0 aliphatic rings. The average Bonchev–Trinajstić information content (AvgIpc) is 2.59. The molecule has 0 aliphatic carbocycles. The minimum absolute atomic E-state index is 0.162. The molecule has 0 unspecified atom stereocenters. The summed E-state index contributed by atoms with van der Waals surface area (Å²) >= 11 is 0. The zero-order valence-electron chi connectivity index (χ0n) is 20.6. The van der Waals surface area contributed by atoms with Crippen LogP contribution in [0.1, 0.15) is 52.7 Å². The summed E-state index contributed by atoms with van der Waals surface area (Å²) in [5.74, 6) is 1.85. The third kappa shape index (κ3) is 5.67. The molecule has 164 valence electrons. The van der Waals surface area contributed by atoms with Crippen LogP contribution in [-0.4, -0.2) is 16.6 Å². The molecule has 0 spiro atoms. The second-order valence-corrected chi connectivity index (χ2v) is 20.7. The molecule has 0 atom stereocenters. The first-order valence-electron chi connectivity index (χ1n) is 10.8. The maximum Gasteiger partial charge on any atom is 0.250 e. The number of hydrogen-bond acceptors (Lipinski definition) is 2. The Labute approximate surface area is 186 Å². The van der Waals surface area contributed by atoms with Crippen LogP contribution < -0.4 is 8.85 Å². The van der Waals surface area contributed by atoms with Crippen LogP contribution in [0.2, 0.25) is 36.3 Å². The normalized spacial score (nSPS) is 13.1. The van der Waals surface area contributed by atoms with Crippen molar-refractivity contribution in [1.29, 1.82) is 0 Å². The number of benzene rings is 2. The SMILES string of the molecule is C=C(c1cccc(O[Si](C)(C)C(C)(C)C)c1)c1cccc(O[Si](C)(C)C(C)(C)C)c1. The van der Waals surface area contributed by atoms with Gasteiger partial charge in [0.15, 0.2) is 0 Å². The lowest BCUT2D eigenvalue weighted by molar-refractivity contribution is 0.492. The van der Waals surface area contributed by atoms with Gasteiger partial charge in [0.25, 0.3) is 0 Å². The van der Waals surface area contributed by atoms with E-state index >= 15 is 0 Å². The van der Waals surface area contributed by atoms with Crippen molar-refractivity contribution < 1.29 is 8.85 Å². The van der Waals surface area contributed by atoms with Crippen molar-refractivity contribution in [3.05, 3.63) is 66.2 Å². The third-order valence-corrected chi connectivity index (χ3v) is 15.4. The fraction of sp³-hybridized carbons (Fsp3) is 0.462. The minimum Gasteiger partial charge on any atom is -0.543 e. The molecule has 0 bridgehead atoms. The van der Waals surface area contributed by atoms with Gasteiger partial charge in [0.1, 0.15) is 11.5 Å². The molecule has 2 rings (SSSR count). The standard InChI is InChI=1S/C26H40O2Si2/c1-20(21-14-12-16-23(18-21)27-29(8,9)25(2,3)4)22-15-13-17-24(19-22)28-30(10,11)26(5,6)7/h12-19H,1H2,2-11H3. The second-order valence-electron chi connectivity index (χ2n) is 11.3. The summed E-state index contributed by atoms with van der Waals surface area (Å²) in [5.41, 5.74) is 3.14. The molecule has 0 heterocycles. The Morgan fingerprint density at radius 1 is 0.667 bits per heavy atom. The van der Waals surface area contributed by atoms with Gasteiger partial charge in [0.05, 0.1) is 0 Å². The van der Waals surface area contributed by atoms with E-state index in [0.717, 1.165) is 28.2 Å². The van der Waals surface area contributed by atoms with Crippen molar-refractivity contribution in [3.8, 4) is 11.5 Å². The molecule has 0 saturated carbocycles. The van der Waals surface area contributed by atoms with Crippen LogP contribution in [0.4, 0.5) is 0 Å². The molecular formula is C26H40O2Si2. The van der Waals surface area contributed by atoms with Gasteiger partial charge in [-0.2, -0.15) is 0 Å². The maximum absolute atomic E-state index is 6.50. The average molecular weight is 441 g/mol. The quantitative estimate of drug-likeness (QED) is 0.419. The zero-order chi connectivity index (χ0) is 23.0. The van der Waals surface area contributed by atoms with E-state index in [9.17, 15) is 0 Å². The minimum atomic E-state index is -1.88. The molecule has 0 amide bonds. The van der Waals surface area contributed by atoms with E-state index in [1.165, 1.54) is 0 Å². The smallest absolute Gasteiger partial charge is 0.250 e. The molecule has 2 aromatic carbocycles. The summed E-state index contributed by atoms with van der Waals surface area (Å²) < 4.78 is 13.0. The molecule has 0 N–H and O–H groups in total. The van der Waals surface area contributed by atoms with E-state index < -0.39 is 16.6 Å². The molecule has 2 aromatic rings. The van der Waals surface area contributed by atoms with Crippen LogP contribution in [0.15, 0.2) is 55.1 Å². The van der Waals surface area contributed by atoms with Gasteiger partial charge in [-0.05, 0) is 77.2 Å². The Morgan fingerprint density at radius 3 is 1.30 bits per heavy atom. The van der Waals surface area contributed by atoms with Crippen LogP contribution in [0.25, 0.3) is 5.57 Å². The maximum atomic E-state index is 6.50. The molecular weight excluding hydrogens is 400 g/mol. The van der Waals surface area contributed by atoms with Gasteiger partial charge < -0.3 is 8.85 Å². The van der Waals surface area contributed by atoms with E-state index in [2.05, 4.69) is 111 Å². The Bertz CT molecular complexity index is 826. The first kappa shape index (κ1) is 24.5. The molecule has 0 fully saturated rings. The molecule has 0 radical (unpaired) electrons. The lowest BCUT2D eigenvalue weighted by Crippen LogP contribution is -2.43. The topological polar surface area (TPSA) is 18.5 Å². The van der Waals surface area contributed by atoms with Crippen molar-refractivity contribution in [2.45, 2.75) is 77.8 Å². The fourth-order valence-corrected chi connectivity index (χ4v) is 4.60. The van der Waals surface area contributed by atoms with Crippen molar-refractivity contribution in [2.24, 2.45) is 0 Å². The summed E-state index contributed by atoms with van der Waals surface area (Å²) in [6.07, 6.45) is 0. The molecule has 30 heavy (non-hydrogen) atoms. The zero-order valence-corrected chi connectivity index (χ0v) is 22.6. The number of hydrogen-bond donors (Lipinski definition) is 0. The molecule has 0 saturated heterocycles. The molecule has 4 heteroatoms. The van der Waals surface area contributed by atoms with Gasteiger partial charge in [-0.15, -0.1) is 0 Å². The van der Waals surface area contributed by atoms with Gasteiger partial charge >= 0.3 is 0 Å². The second kappa shape index (κ2) is 8.39. The van der Waals surface area contributed by atoms with Crippen LogP contribution in [-0.2, 0) is 0 Å². The highest BCUT2D eigenvalue weighted by atomic mass is 28.4. The number of rotatable bonds is 6. The Kier molecular flexibility index (Phi) is 6.85. The lowest BCUT2D eigenvalue weighted by Gasteiger charge is -2.36. The van der Waals surface area contributed by atoms with Crippen molar-refractivity contribution in [2.75, 3.05) is 0 Å². The van der Waals surface area contributed by atoms with Gasteiger partial charge in [0, 0.05) is 0 Å². The van der Waals surface area contributed by atoms with Crippen molar-refractivity contribution >= 4 is 22.2 Å². The van der Waals surface area contributed by atoms with Crippen LogP contribution in [0, 0.1) is 0 Å². The van der Waals surface area contributed by atoms with E-state index in [0.29, 0.717) is 0 Å². The van der Waals surface area contributed by atoms with E-state index in [4.69, 9.17) is 8.85 Å². The lowest BCUT2D eigenvalue weighted by atomic mass is 9.99. The summed E-state index contributed by atoms with van der Waals surface area (Å²) in [4.78, 5) is 0. The predicted octanol–water partition coefficient (Wildman–Crippen LogP) is 8.52. The van der Waals surface area contributed by atoms with Crippen molar-refractivity contribution in [1.82, 2.24) is 0 Å². The molecule has 0 aromatic heterocycles. The van der Waals surface area contributed by atoms with Crippen LogP contribution in [0.5, 0.6) is 11.5 Å². The first-order valence-corrected chi connectivity index (χ1v) is 16.6. The highest BCUT2D eigenvalue weighted by molar-refractivity contribution is 6.75. The largest absolute Gasteiger partial charge is 0.543 e. The van der Waals surface area contributed by atoms with Gasteiger partial charge in [-0.1, -0.05) is 72.4 Å². The van der Waals surface area contributed by atoms with E-state index in [-0.39, 0.29) is 10.1 Å². The molecule has 2 nitrogen and oxygen atoms in total. The summed E-state index contributed by atoms with van der Waals surface area (Å²) in [5, 5.41) is 0.324. The Balaban J connectivity index is 2.28. The summed E-state index contributed by atoms with van der Waals surface area (Å²) in [6.45, 7) is 27.0. The highest BCUT2D eigenvalue weighted by Crippen LogP contribution is 2.39. The predicted molar refractivity (Wildman–Crippen MR) is 137 cm³/mol. The Hall–Kier alpha value is -1.79. The summed E-state index contributed by atoms with van der Waals surface area (Å²) in [7, 11) is -3.76. The van der Waals surface area contributed by atoms with Gasteiger partial charge in [0.2, 0.25) is 16.6 Å². The first-order chi connectivity index (χ1) is 13.5. The van der Waals surface area contributed by atoms with Gasteiger partial charge in [-0.3, -0.25) is 0 Å². The van der Waals surface area contributed by atoms with Gasteiger partial charge in [-0.25, -0.2) is 0 Å². The molecule has 0 aliphatic heterocycles. The fourth-order valence-electron chi connectivity index (χ4n) is 2.56. The monoisotopic (exact) mass is 440 g/mol.